The van der Waals surface area contributed by atoms with E-state index in [9.17, 15) is 0 Å². The summed E-state index contributed by atoms with van der Waals surface area (Å²) >= 11 is 0. The van der Waals surface area contributed by atoms with Gasteiger partial charge in [-0.2, -0.15) is 0 Å². The molecule has 0 radical (unpaired) electrons. The molecule has 0 aliphatic carbocycles. The van der Waals surface area contributed by atoms with Gasteiger partial charge in [0.15, 0.2) is 0 Å². The van der Waals surface area contributed by atoms with Crippen LogP contribution in [0.25, 0.3) is 0 Å². The number of fused-ring (bicyclic) bond motifs is 2. The van der Waals surface area contributed by atoms with Crippen LogP contribution in [0.5, 0.6) is 0 Å². The maximum Gasteiger partial charge on any atom is 0.0431 e. The number of nitrogen functional groups attached to an aromatic ring is 1. The predicted octanol–water partition coefficient (Wildman–Crippen LogP) is 3.92. The molecule has 21 heavy (non-hydrogen) atoms. The van der Waals surface area contributed by atoms with Gasteiger partial charge in [-0.15, -0.1) is 0 Å². The van der Waals surface area contributed by atoms with Crippen molar-refractivity contribution in [1.82, 2.24) is 0 Å². The molecule has 0 bridgehead atoms. The molecule has 110 valence electrons. The van der Waals surface area contributed by atoms with Crippen LogP contribution in [0.4, 0.5) is 5.69 Å². The Balaban J connectivity index is 2.35. The first kappa shape index (κ1) is 14.6. The largest absolute Gasteiger partial charge is 0.398 e. The van der Waals surface area contributed by atoms with E-state index in [0.29, 0.717) is 0 Å². The Morgan fingerprint density at radius 3 is 2.38 bits per heavy atom. The second kappa shape index (κ2) is 5.14. The van der Waals surface area contributed by atoms with E-state index in [2.05, 4.69) is 64.1 Å². The van der Waals surface area contributed by atoms with Gasteiger partial charge >= 0.3 is 0 Å². The topological polar surface area (TPSA) is 26.0 Å². The van der Waals surface area contributed by atoms with Crippen LogP contribution in [0.1, 0.15) is 44.4 Å². The van der Waals surface area contributed by atoms with Crippen LogP contribution in [0.15, 0.2) is 36.4 Å². The lowest BCUT2D eigenvalue weighted by Gasteiger charge is -2.40. The quantitative estimate of drug-likeness (QED) is 0.660. The maximum absolute atomic E-state index is 6.58. The molecule has 1 unspecified atom stereocenters. The normalized spacial score (nSPS) is 19.0. The minimum absolute atomic E-state index is 0.0420. The highest BCUT2D eigenvalue weighted by Crippen LogP contribution is 2.48. The number of hydrogen-bond donors (Lipinski definition) is 1. The molecule has 2 aromatic carbocycles. The van der Waals surface area contributed by atoms with Gasteiger partial charge in [0.05, 0.1) is 0 Å². The van der Waals surface area contributed by atoms with Crippen molar-refractivity contribution in [2.24, 2.45) is 0 Å². The molecular formula is C19H24NP. The lowest BCUT2D eigenvalue weighted by molar-refractivity contribution is 0.647. The van der Waals surface area contributed by atoms with Crippen molar-refractivity contribution in [3.8, 4) is 0 Å². The third kappa shape index (κ3) is 2.02. The van der Waals surface area contributed by atoms with E-state index in [-0.39, 0.29) is 13.3 Å². The highest BCUT2D eigenvalue weighted by Gasteiger charge is 2.37. The molecule has 0 aromatic heterocycles. The maximum atomic E-state index is 6.58. The Labute approximate surface area is 129 Å². The standard InChI is InChI=1S/C19H24NP/c1-5-13-11-12-15-18(17(13)20)21(6-2)16-10-8-7-9-14(16)19(15,3)4/h7-12H,5-6,20H2,1-4H3. The molecule has 2 heteroatoms. The van der Waals surface area contributed by atoms with Crippen LogP contribution in [0, 0.1) is 0 Å². The molecule has 1 atom stereocenters. The summed E-state index contributed by atoms with van der Waals surface area (Å²) < 4.78 is 0. The van der Waals surface area contributed by atoms with Crippen LogP contribution in [0.3, 0.4) is 0 Å². The molecule has 1 heterocycles. The molecule has 2 N–H and O–H groups in total. The van der Waals surface area contributed by atoms with Gasteiger partial charge < -0.3 is 5.73 Å². The van der Waals surface area contributed by atoms with E-state index >= 15 is 0 Å². The lowest BCUT2D eigenvalue weighted by Crippen LogP contribution is -2.39. The fourth-order valence-corrected chi connectivity index (χ4v) is 6.47. The van der Waals surface area contributed by atoms with E-state index in [0.717, 1.165) is 18.3 Å². The molecule has 0 spiro atoms. The number of anilines is 1. The van der Waals surface area contributed by atoms with E-state index in [4.69, 9.17) is 5.73 Å². The van der Waals surface area contributed by atoms with E-state index in [1.54, 1.807) is 0 Å². The minimum atomic E-state index is -0.327. The van der Waals surface area contributed by atoms with Crippen molar-refractivity contribution in [3.05, 3.63) is 53.1 Å². The monoisotopic (exact) mass is 297 g/mol. The third-order valence-corrected chi connectivity index (χ3v) is 7.44. The zero-order valence-corrected chi connectivity index (χ0v) is 14.3. The minimum Gasteiger partial charge on any atom is -0.398 e. The number of aryl methyl sites for hydroxylation is 1. The van der Waals surface area contributed by atoms with Crippen molar-refractivity contribution in [3.63, 3.8) is 0 Å². The summed E-state index contributed by atoms with van der Waals surface area (Å²) in [5.74, 6) is 0. The summed E-state index contributed by atoms with van der Waals surface area (Å²) in [7, 11) is -0.327. The molecule has 0 amide bonds. The Kier molecular flexibility index (Phi) is 3.58. The average molecular weight is 297 g/mol. The first-order chi connectivity index (χ1) is 10.0. The second-order valence-electron chi connectivity index (χ2n) is 6.27. The molecule has 1 aliphatic rings. The summed E-state index contributed by atoms with van der Waals surface area (Å²) in [5, 5.41) is 2.96. The highest BCUT2D eigenvalue weighted by molar-refractivity contribution is 7.73. The summed E-state index contributed by atoms with van der Waals surface area (Å²) in [6.07, 6.45) is 2.17. The van der Waals surface area contributed by atoms with E-state index < -0.39 is 0 Å². The molecule has 1 nitrogen and oxygen atoms in total. The summed E-state index contributed by atoms with van der Waals surface area (Å²) in [6, 6.07) is 13.5. The Morgan fingerprint density at radius 2 is 1.71 bits per heavy atom. The van der Waals surface area contributed by atoms with Gasteiger partial charge in [-0.05, 0) is 42.5 Å². The van der Waals surface area contributed by atoms with Gasteiger partial charge in [-0.3, -0.25) is 0 Å². The predicted molar refractivity (Wildman–Crippen MR) is 95.5 cm³/mol. The molecule has 2 aromatic rings. The Hall–Kier alpha value is -1.33. The zero-order valence-electron chi connectivity index (χ0n) is 13.4. The van der Waals surface area contributed by atoms with Gasteiger partial charge in [0.2, 0.25) is 0 Å². The number of benzene rings is 2. The van der Waals surface area contributed by atoms with Crippen molar-refractivity contribution in [1.29, 1.82) is 0 Å². The summed E-state index contributed by atoms with van der Waals surface area (Å²) in [5.41, 5.74) is 11.9. The third-order valence-electron chi connectivity index (χ3n) is 4.82. The smallest absolute Gasteiger partial charge is 0.0431 e. The van der Waals surface area contributed by atoms with E-state index in [1.807, 2.05) is 0 Å². The molecule has 1 aliphatic heterocycles. The zero-order chi connectivity index (χ0) is 15.2. The number of nitrogens with two attached hydrogens (primary N) is 1. The molecule has 0 saturated heterocycles. The first-order valence-electron chi connectivity index (χ1n) is 7.81. The van der Waals surface area contributed by atoms with Crippen molar-refractivity contribution < 1.29 is 0 Å². The average Bonchev–Trinajstić information content (AvgIpc) is 2.49. The molecular weight excluding hydrogens is 273 g/mol. The summed E-state index contributed by atoms with van der Waals surface area (Å²) in [6.45, 7) is 9.15. The number of rotatable bonds is 2. The fourth-order valence-electron chi connectivity index (χ4n) is 3.58. The van der Waals surface area contributed by atoms with Crippen LogP contribution >= 0.6 is 7.92 Å². The van der Waals surface area contributed by atoms with Gasteiger partial charge in [-0.25, -0.2) is 0 Å². The SMILES string of the molecule is CCc1ccc2c(c1N)P(CC)c1ccccc1C2(C)C. The van der Waals surface area contributed by atoms with Gasteiger partial charge in [0.1, 0.15) is 0 Å². The Morgan fingerprint density at radius 1 is 1.00 bits per heavy atom. The van der Waals surface area contributed by atoms with Gasteiger partial charge in [0, 0.05) is 16.4 Å². The van der Waals surface area contributed by atoms with Crippen LogP contribution < -0.4 is 16.3 Å². The van der Waals surface area contributed by atoms with Crippen molar-refractivity contribution in [2.75, 3.05) is 11.9 Å². The van der Waals surface area contributed by atoms with Crippen molar-refractivity contribution in [2.45, 2.75) is 39.5 Å². The Bertz CT molecular complexity index is 688. The molecule has 3 rings (SSSR count). The van der Waals surface area contributed by atoms with Crippen LogP contribution in [0.2, 0.25) is 0 Å². The van der Waals surface area contributed by atoms with E-state index in [1.165, 1.54) is 27.3 Å². The first-order valence-corrected chi connectivity index (χ1v) is 9.33. The van der Waals surface area contributed by atoms with Gasteiger partial charge in [-0.1, -0.05) is 64.1 Å². The highest BCUT2D eigenvalue weighted by atomic mass is 31.1. The molecule has 0 fully saturated rings. The fraction of sp³-hybridized carbons (Fsp3) is 0.368. The van der Waals surface area contributed by atoms with Crippen LogP contribution in [-0.4, -0.2) is 6.16 Å². The number of hydrogen-bond acceptors (Lipinski definition) is 1. The summed E-state index contributed by atoms with van der Waals surface area (Å²) in [4.78, 5) is 0. The van der Waals surface area contributed by atoms with Gasteiger partial charge in [0.25, 0.3) is 0 Å². The lowest BCUT2D eigenvalue weighted by atomic mass is 9.77. The second-order valence-corrected chi connectivity index (χ2v) is 8.69. The van der Waals surface area contributed by atoms with Crippen LogP contribution in [-0.2, 0) is 11.8 Å². The van der Waals surface area contributed by atoms with Crippen molar-refractivity contribution >= 4 is 24.2 Å². The molecule has 0 saturated carbocycles.